The molecule has 0 aliphatic carbocycles. The highest BCUT2D eigenvalue weighted by Crippen LogP contribution is 2.35. The lowest BCUT2D eigenvalue weighted by atomic mass is 9.75. The standard InChI is InChI=1S/C18H31NO/c1-6-8-11-18(7-2,14-19-4)13-16-12-15(3)9-10-17(16)20-5/h9-10,12,19H,6-8,11,13-14H2,1-5H3. The summed E-state index contributed by atoms with van der Waals surface area (Å²) in [6, 6.07) is 6.51. The Hall–Kier alpha value is -1.02. The van der Waals surface area contributed by atoms with E-state index in [1.54, 1.807) is 7.11 Å². The quantitative estimate of drug-likeness (QED) is 0.724. The molecule has 0 aliphatic rings. The molecule has 20 heavy (non-hydrogen) atoms. The Bertz CT molecular complexity index is 402. The van der Waals surface area contributed by atoms with E-state index in [1.165, 1.54) is 36.8 Å². The van der Waals surface area contributed by atoms with E-state index in [0.29, 0.717) is 5.41 Å². The predicted molar refractivity (Wildman–Crippen MR) is 87.6 cm³/mol. The molecule has 2 nitrogen and oxygen atoms in total. The minimum absolute atomic E-state index is 0.339. The first-order chi connectivity index (χ1) is 9.60. The van der Waals surface area contributed by atoms with E-state index in [9.17, 15) is 0 Å². The maximum absolute atomic E-state index is 5.55. The van der Waals surface area contributed by atoms with Crippen molar-refractivity contribution < 1.29 is 4.74 Å². The summed E-state index contributed by atoms with van der Waals surface area (Å²) in [4.78, 5) is 0. The topological polar surface area (TPSA) is 21.3 Å². The van der Waals surface area contributed by atoms with Gasteiger partial charge in [-0.3, -0.25) is 0 Å². The predicted octanol–water partition coefficient (Wildman–Crippen LogP) is 4.35. The van der Waals surface area contributed by atoms with Gasteiger partial charge in [0.15, 0.2) is 0 Å². The maximum atomic E-state index is 5.55. The maximum Gasteiger partial charge on any atom is 0.122 e. The average Bonchev–Trinajstić information content (AvgIpc) is 2.45. The third kappa shape index (κ3) is 4.52. The van der Waals surface area contributed by atoms with Crippen molar-refractivity contribution in [3.8, 4) is 5.75 Å². The van der Waals surface area contributed by atoms with Gasteiger partial charge in [0.1, 0.15) is 5.75 Å². The van der Waals surface area contributed by atoms with E-state index in [2.05, 4.69) is 51.3 Å². The molecule has 0 fully saturated rings. The van der Waals surface area contributed by atoms with E-state index in [1.807, 2.05) is 0 Å². The van der Waals surface area contributed by atoms with Crippen molar-refractivity contribution in [1.82, 2.24) is 5.32 Å². The Morgan fingerprint density at radius 1 is 1.25 bits per heavy atom. The molecule has 0 saturated heterocycles. The highest BCUT2D eigenvalue weighted by atomic mass is 16.5. The fourth-order valence-corrected chi connectivity index (χ4v) is 3.04. The molecule has 1 rings (SSSR count). The van der Waals surface area contributed by atoms with Crippen LogP contribution in [0.15, 0.2) is 18.2 Å². The van der Waals surface area contributed by atoms with Crippen LogP contribution in [0.3, 0.4) is 0 Å². The molecule has 0 radical (unpaired) electrons. The third-order valence-corrected chi connectivity index (χ3v) is 4.36. The molecule has 1 aromatic carbocycles. The first kappa shape index (κ1) is 17.0. The number of rotatable bonds is 9. The zero-order chi connectivity index (χ0) is 15.0. The second-order valence-electron chi connectivity index (χ2n) is 5.98. The molecule has 0 saturated carbocycles. The minimum atomic E-state index is 0.339. The van der Waals surface area contributed by atoms with Gasteiger partial charge in [-0.1, -0.05) is 44.4 Å². The van der Waals surface area contributed by atoms with E-state index < -0.39 is 0 Å². The summed E-state index contributed by atoms with van der Waals surface area (Å²) in [6.07, 6.45) is 6.12. The number of hydrogen-bond donors (Lipinski definition) is 1. The van der Waals surface area contributed by atoms with Gasteiger partial charge in [-0.15, -0.1) is 0 Å². The van der Waals surface area contributed by atoms with Crippen molar-refractivity contribution in [3.05, 3.63) is 29.3 Å². The SMILES string of the molecule is CCCCC(CC)(CNC)Cc1cc(C)ccc1OC. The van der Waals surface area contributed by atoms with Crippen LogP contribution in [0.2, 0.25) is 0 Å². The second kappa shape index (κ2) is 8.31. The van der Waals surface area contributed by atoms with Crippen LogP contribution in [0.5, 0.6) is 5.75 Å². The van der Waals surface area contributed by atoms with E-state index in [4.69, 9.17) is 4.74 Å². The summed E-state index contributed by atoms with van der Waals surface area (Å²) in [5.41, 5.74) is 3.00. The molecule has 114 valence electrons. The normalized spacial score (nSPS) is 14.1. The molecular weight excluding hydrogens is 246 g/mol. The molecule has 0 aliphatic heterocycles. The second-order valence-corrected chi connectivity index (χ2v) is 5.98. The average molecular weight is 277 g/mol. The van der Waals surface area contributed by atoms with Crippen molar-refractivity contribution >= 4 is 0 Å². The molecule has 0 amide bonds. The van der Waals surface area contributed by atoms with E-state index >= 15 is 0 Å². The lowest BCUT2D eigenvalue weighted by Gasteiger charge is -2.33. The zero-order valence-corrected chi connectivity index (χ0v) is 13.9. The summed E-state index contributed by atoms with van der Waals surface area (Å²) in [6.45, 7) is 7.81. The summed E-state index contributed by atoms with van der Waals surface area (Å²) < 4.78 is 5.55. The number of hydrogen-bond acceptors (Lipinski definition) is 2. The van der Waals surface area contributed by atoms with Crippen LogP contribution in [-0.2, 0) is 6.42 Å². The van der Waals surface area contributed by atoms with Gasteiger partial charge in [-0.05, 0) is 50.3 Å². The summed E-state index contributed by atoms with van der Waals surface area (Å²) >= 11 is 0. The first-order valence-corrected chi connectivity index (χ1v) is 7.89. The van der Waals surface area contributed by atoms with Crippen LogP contribution in [0.4, 0.5) is 0 Å². The van der Waals surface area contributed by atoms with Gasteiger partial charge < -0.3 is 10.1 Å². The van der Waals surface area contributed by atoms with Crippen LogP contribution >= 0.6 is 0 Å². The van der Waals surface area contributed by atoms with Crippen LogP contribution in [0.25, 0.3) is 0 Å². The van der Waals surface area contributed by atoms with Gasteiger partial charge in [-0.2, -0.15) is 0 Å². The molecule has 0 spiro atoms. The molecule has 1 unspecified atom stereocenters. The largest absolute Gasteiger partial charge is 0.496 e. The summed E-state index contributed by atoms with van der Waals surface area (Å²) in [5, 5.41) is 3.40. The number of methoxy groups -OCH3 is 1. The zero-order valence-electron chi connectivity index (χ0n) is 13.9. The third-order valence-electron chi connectivity index (χ3n) is 4.36. The number of ether oxygens (including phenoxy) is 1. The van der Waals surface area contributed by atoms with Crippen molar-refractivity contribution in [2.45, 2.75) is 52.9 Å². The summed E-state index contributed by atoms with van der Waals surface area (Å²) in [7, 11) is 3.83. The van der Waals surface area contributed by atoms with E-state index in [0.717, 1.165) is 18.7 Å². The first-order valence-electron chi connectivity index (χ1n) is 7.89. The fraction of sp³-hybridized carbons (Fsp3) is 0.667. The number of nitrogens with one attached hydrogen (secondary N) is 1. The molecule has 0 aromatic heterocycles. The van der Waals surface area contributed by atoms with Gasteiger partial charge in [-0.25, -0.2) is 0 Å². The number of aryl methyl sites for hydroxylation is 1. The van der Waals surface area contributed by atoms with E-state index in [-0.39, 0.29) is 0 Å². The van der Waals surface area contributed by atoms with Gasteiger partial charge in [0.2, 0.25) is 0 Å². The van der Waals surface area contributed by atoms with Crippen LogP contribution < -0.4 is 10.1 Å². The molecule has 1 atom stereocenters. The smallest absolute Gasteiger partial charge is 0.122 e. The van der Waals surface area contributed by atoms with Crippen molar-refractivity contribution in [2.75, 3.05) is 20.7 Å². The highest BCUT2D eigenvalue weighted by molar-refractivity contribution is 5.37. The van der Waals surface area contributed by atoms with Crippen molar-refractivity contribution in [1.29, 1.82) is 0 Å². The lowest BCUT2D eigenvalue weighted by molar-refractivity contribution is 0.232. The van der Waals surface area contributed by atoms with Crippen LogP contribution in [-0.4, -0.2) is 20.7 Å². The Labute approximate surface area is 124 Å². The monoisotopic (exact) mass is 277 g/mol. The molecule has 0 bridgehead atoms. The Morgan fingerprint density at radius 3 is 2.55 bits per heavy atom. The summed E-state index contributed by atoms with van der Waals surface area (Å²) in [5.74, 6) is 1.03. The van der Waals surface area contributed by atoms with Crippen LogP contribution in [0.1, 0.15) is 50.7 Å². The Morgan fingerprint density at radius 2 is 2.00 bits per heavy atom. The molecule has 0 heterocycles. The van der Waals surface area contributed by atoms with Gasteiger partial charge in [0, 0.05) is 6.54 Å². The highest BCUT2D eigenvalue weighted by Gasteiger charge is 2.28. The number of benzene rings is 1. The van der Waals surface area contributed by atoms with Gasteiger partial charge in [0.05, 0.1) is 7.11 Å². The van der Waals surface area contributed by atoms with Gasteiger partial charge in [0.25, 0.3) is 0 Å². The number of unbranched alkanes of at least 4 members (excludes halogenated alkanes) is 1. The van der Waals surface area contributed by atoms with Crippen molar-refractivity contribution in [2.24, 2.45) is 5.41 Å². The molecule has 2 heteroatoms. The van der Waals surface area contributed by atoms with Crippen LogP contribution in [0, 0.1) is 12.3 Å². The molecular formula is C18H31NO. The lowest BCUT2D eigenvalue weighted by Crippen LogP contribution is -2.34. The minimum Gasteiger partial charge on any atom is -0.496 e. The van der Waals surface area contributed by atoms with Gasteiger partial charge >= 0.3 is 0 Å². The Balaban J connectivity index is 3.01. The molecule has 1 aromatic rings. The molecule has 1 N–H and O–H groups in total. The fourth-order valence-electron chi connectivity index (χ4n) is 3.04. The Kier molecular flexibility index (Phi) is 7.08. The van der Waals surface area contributed by atoms with Crippen molar-refractivity contribution in [3.63, 3.8) is 0 Å².